The average Bonchev–Trinajstić information content (AvgIpc) is 2.62. The number of amides is 1. The second-order valence-electron chi connectivity index (χ2n) is 6.03. The highest BCUT2D eigenvalue weighted by Gasteiger charge is 2.14. The van der Waals surface area contributed by atoms with Gasteiger partial charge in [-0.1, -0.05) is 31.4 Å². The van der Waals surface area contributed by atoms with Gasteiger partial charge < -0.3 is 5.32 Å². The van der Waals surface area contributed by atoms with E-state index < -0.39 is 0 Å². The summed E-state index contributed by atoms with van der Waals surface area (Å²) in [5, 5.41) is 9.59. The first-order valence-corrected chi connectivity index (χ1v) is 9.33. The lowest BCUT2D eigenvalue weighted by atomic mass is 10.0. The van der Waals surface area contributed by atoms with Crippen LogP contribution in [0.3, 0.4) is 0 Å². The molecule has 0 spiro atoms. The summed E-state index contributed by atoms with van der Waals surface area (Å²) in [6.45, 7) is 0. The van der Waals surface area contributed by atoms with Crippen LogP contribution in [0.1, 0.15) is 48.2 Å². The van der Waals surface area contributed by atoms with E-state index in [-0.39, 0.29) is 17.2 Å². The highest BCUT2D eigenvalue weighted by atomic mass is 32.2. The molecule has 5 nitrogen and oxygen atoms in total. The summed E-state index contributed by atoms with van der Waals surface area (Å²) < 4.78 is 0. The van der Waals surface area contributed by atoms with Crippen molar-refractivity contribution >= 4 is 23.4 Å². The fraction of sp³-hybridized carbons (Fsp3) is 0.389. The standard InChI is InChI=1S/C18H21N3O2S/c22-17-10-9-16(20-21-17)18(23)19-14-6-4-5-13(11-14)12-24-15-7-2-1-3-8-15/h4-6,9-11,15H,1-3,7-8,12H2,(H,19,23)(H,21,22). The zero-order valence-electron chi connectivity index (χ0n) is 13.5. The number of aromatic amines is 1. The highest BCUT2D eigenvalue weighted by Crippen LogP contribution is 2.30. The van der Waals surface area contributed by atoms with Crippen LogP contribution in [0, 0.1) is 0 Å². The molecule has 126 valence electrons. The molecule has 1 aromatic carbocycles. The average molecular weight is 343 g/mol. The van der Waals surface area contributed by atoms with Crippen LogP contribution in [0.2, 0.25) is 0 Å². The molecule has 1 amide bonds. The molecular formula is C18H21N3O2S. The Morgan fingerprint density at radius 1 is 1.21 bits per heavy atom. The lowest BCUT2D eigenvalue weighted by molar-refractivity contribution is 0.102. The lowest BCUT2D eigenvalue weighted by Gasteiger charge is -2.21. The summed E-state index contributed by atoms with van der Waals surface area (Å²) in [6.07, 6.45) is 6.70. The Hall–Kier alpha value is -2.08. The number of thioether (sulfide) groups is 1. The zero-order valence-corrected chi connectivity index (χ0v) is 14.3. The van der Waals surface area contributed by atoms with Crippen molar-refractivity contribution in [2.24, 2.45) is 0 Å². The molecule has 1 heterocycles. The van der Waals surface area contributed by atoms with E-state index >= 15 is 0 Å². The maximum absolute atomic E-state index is 12.1. The first kappa shape index (κ1) is 16.8. The highest BCUT2D eigenvalue weighted by molar-refractivity contribution is 7.99. The third kappa shape index (κ3) is 4.71. The predicted octanol–water partition coefficient (Wildman–Crippen LogP) is 3.59. The number of nitrogens with zero attached hydrogens (tertiary/aromatic N) is 1. The van der Waals surface area contributed by atoms with Crippen molar-refractivity contribution in [3.05, 3.63) is 58.0 Å². The Labute approximate surface area is 145 Å². The fourth-order valence-corrected chi connectivity index (χ4v) is 4.13. The van der Waals surface area contributed by atoms with Crippen LogP contribution in [-0.2, 0) is 5.75 Å². The van der Waals surface area contributed by atoms with Gasteiger partial charge in [0.05, 0.1) is 0 Å². The lowest BCUT2D eigenvalue weighted by Crippen LogP contribution is -2.17. The summed E-state index contributed by atoms with van der Waals surface area (Å²) in [5.41, 5.74) is 1.82. The Balaban J connectivity index is 1.59. The van der Waals surface area contributed by atoms with Crippen molar-refractivity contribution in [1.82, 2.24) is 10.2 Å². The molecule has 1 fully saturated rings. The van der Waals surface area contributed by atoms with Gasteiger partial charge in [-0.3, -0.25) is 9.59 Å². The SMILES string of the molecule is O=C(Nc1cccc(CSC2CCCCC2)c1)c1ccc(=O)[nH]n1. The number of carbonyl (C=O) groups is 1. The van der Waals surface area contributed by atoms with E-state index in [1.165, 1.54) is 49.8 Å². The van der Waals surface area contributed by atoms with Crippen LogP contribution in [0.25, 0.3) is 0 Å². The van der Waals surface area contributed by atoms with Crippen molar-refractivity contribution in [2.45, 2.75) is 43.1 Å². The summed E-state index contributed by atoms with van der Waals surface area (Å²) in [4.78, 5) is 23.1. The smallest absolute Gasteiger partial charge is 0.276 e. The Morgan fingerprint density at radius 2 is 2.04 bits per heavy atom. The van der Waals surface area contributed by atoms with Crippen molar-refractivity contribution in [3.8, 4) is 0 Å². The molecule has 2 aromatic rings. The van der Waals surface area contributed by atoms with Gasteiger partial charge in [0.15, 0.2) is 0 Å². The summed E-state index contributed by atoms with van der Waals surface area (Å²) in [7, 11) is 0. The largest absolute Gasteiger partial charge is 0.321 e. The molecule has 0 aliphatic heterocycles. The van der Waals surface area contributed by atoms with Crippen molar-refractivity contribution in [1.29, 1.82) is 0 Å². The van der Waals surface area contributed by atoms with Gasteiger partial charge in [0.25, 0.3) is 11.5 Å². The van der Waals surface area contributed by atoms with E-state index in [0.717, 1.165) is 16.7 Å². The molecule has 6 heteroatoms. The van der Waals surface area contributed by atoms with Crippen LogP contribution in [0.5, 0.6) is 0 Å². The number of benzene rings is 1. The number of hydrogen-bond donors (Lipinski definition) is 2. The summed E-state index contributed by atoms with van der Waals surface area (Å²) in [6, 6.07) is 10.6. The van der Waals surface area contributed by atoms with Gasteiger partial charge in [-0.2, -0.15) is 16.9 Å². The summed E-state index contributed by atoms with van der Waals surface area (Å²) >= 11 is 2.01. The van der Waals surface area contributed by atoms with Crippen LogP contribution >= 0.6 is 11.8 Å². The second-order valence-corrected chi connectivity index (χ2v) is 7.32. The first-order chi connectivity index (χ1) is 11.7. The number of anilines is 1. The van der Waals surface area contributed by atoms with Gasteiger partial charge in [0.2, 0.25) is 0 Å². The monoisotopic (exact) mass is 343 g/mol. The topological polar surface area (TPSA) is 74.8 Å². The maximum Gasteiger partial charge on any atom is 0.276 e. The Kier molecular flexibility index (Phi) is 5.69. The third-order valence-electron chi connectivity index (χ3n) is 4.13. The molecule has 1 saturated carbocycles. The van der Waals surface area contributed by atoms with Crippen LogP contribution < -0.4 is 10.9 Å². The van der Waals surface area contributed by atoms with Gasteiger partial charge in [-0.25, -0.2) is 5.10 Å². The van der Waals surface area contributed by atoms with Crippen LogP contribution in [0.15, 0.2) is 41.2 Å². The van der Waals surface area contributed by atoms with Gasteiger partial charge in [0.1, 0.15) is 5.69 Å². The molecule has 1 aromatic heterocycles. The molecule has 0 bridgehead atoms. The maximum atomic E-state index is 12.1. The van der Waals surface area contributed by atoms with E-state index in [4.69, 9.17) is 0 Å². The van der Waals surface area contributed by atoms with Crippen molar-refractivity contribution in [2.75, 3.05) is 5.32 Å². The van der Waals surface area contributed by atoms with Gasteiger partial charge in [0, 0.05) is 22.8 Å². The van der Waals surface area contributed by atoms with Gasteiger partial charge in [-0.05, 0) is 36.6 Å². The zero-order chi connectivity index (χ0) is 16.8. The van der Waals surface area contributed by atoms with E-state index in [0.29, 0.717) is 0 Å². The number of rotatable bonds is 5. The number of hydrogen-bond acceptors (Lipinski definition) is 4. The quantitative estimate of drug-likeness (QED) is 0.870. The molecule has 24 heavy (non-hydrogen) atoms. The Morgan fingerprint density at radius 3 is 2.79 bits per heavy atom. The minimum atomic E-state index is -0.330. The molecule has 0 saturated heterocycles. The molecule has 0 atom stereocenters. The van der Waals surface area contributed by atoms with Crippen molar-refractivity contribution < 1.29 is 4.79 Å². The van der Waals surface area contributed by atoms with E-state index in [9.17, 15) is 9.59 Å². The third-order valence-corrected chi connectivity index (χ3v) is 5.58. The number of aromatic nitrogens is 2. The number of nitrogens with one attached hydrogen (secondary N) is 2. The van der Waals surface area contributed by atoms with Gasteiger partial charge in [-0.15, -0.1) is 0 Å². The molecule has 0 unspecified atom stereocenters. The molecule has 1 aliphatic rings. The Bertz CT molecular complexity index is 733. The van der Waals surface area contributed by atoms with E-state index in [1.807, 2.05) is 30.0 Å². The first-order valence-electron chi connectivity index (χ1n) is 8.28. The predicted molar refractivity (Wildman–Crippen MR) is 97.4 cm³/mol. The minimum absolute atomic E-state index is 0.191. The number of H-pyrrole nitrogens is 1. The second kappa shape index (κ2) is 8.15. The molecular weight excluding hydrogens is 322 g/mol. The van der Waals surface area contributed by atoms with Crippen LogP contribution in [0.4, 0.5) is 5.69 Å². The molecule has 2 N–H and O–H groups in total. The molecule has 3 rings (SSSR count). The van der Waals surface area contributed by atoms with Gasteiger partial charge >= 0.3 is 0 Å². The fourth-order valence-electron chi connectivity index (χ4n) is 2.85. The normalized spacial score (nSPS) is 15.2. The van der Waals surface area contributed by atoms with Crippen LogP contribution in [-0.4, -0.2) is 21.4 Å². The van der Waals surface area contributed by atoms with Crippen molar-refractivity contribution in [3.63, 3.8) is 0 Å². The van der Waals surface area contributed by atoms with E-state index in [2.05, 4.69) is 21.6 Å². The minimum Gasteiger partial charge on any atom is -0.321 e. The van der Waals surface area contributed by atoms with E-state index in [1.54, 1.807) is 0 Å². The molecule has 1 aliphatic carbocycles. The molecule has 0 radical (unpaired) electrons. The number of carbonyl (C=O) groups excluding carboxylic acids is 1. The summed E-state index contributed by atoms with van der Waals surface area (Å²) in [5.74, 6) is 0.633.